The first-order chi connectivity index (χ1) is 12.7. The standard InChI is InChI=1S/C19H15BrN4O2/c20-14-7-5-13(6-8-14)10-23-17-4-2-1-3-16(17)19(18(23)25)12-24-15(11-26-19)9-21-22-24/h1-9H,10-12H2. The number of hydrogen-bond acceptors (Lipinski definition) is 4. The molecule has 3 aromatic rings. The second kappa shape index (κ2) is 5.75. The highest BCUT2D eigenvalue weighted by Gasteiger charge is 2.54. The first kappa shape index (κ1) is 15.7. The van der Waals surface area contributed by atoms with E-state index in [4.69, 9.17) is 4.74 Å². The topological polar surface area (TPSA) is 60.2 Å². The Morgan fingerprint density at radius 2 is 1.96 bits per heavy atom. The van der Waals surface area contributed by atoms with Gasteiger partial charge in [0.25, 0.3) is 5.91 Å². The van der Waals surface area contributed by atoms with Crippen molar-refractivity contribution in [3.05, 3.63) is 76.0 Å². The van der Waals surface area contributed by atoms with Gasteiger partial charge < -0.3 is 9.64 Å². The van der Waals surface area contributed by atoms with Crippen molar-refractivity contribution in [3.8, 4) is 0 Å². The van der Waals surface area contributed by atoms with Crippen molar-refractivity contribution in [2.75, 3.05) is 4.90 Å². The monoisotopic (exact) mass is 410 g/mol. The predicted octanol–water partition coefficient (Wildman–Crippen LogP) is 3.01. The first-order valence-electron chi connectivity index (χ1n) is 8.35. The Morgan fingerprint density at radius 3 is 2.81 bits per heavy atom. The number of halogens is 1. The second-order valence-electron chi connectivity index (χ2n) is 6.53. The summed E-state index contributed by atoms with van der Waals surface area (Å²) in [5, 5.41) is 8.05. The van der Waals surface area contributed by atoms with E-state index in [-0.39, 0.29) is 5.91 Å². The Balaban J connectivity index is 1.57. The zero-order chi connectivity index (χ0) is 17.7. The van der Waals surface area contributed by atoms with Crippen molar-refractivity contribution in [1.29, 1.82) is 0 Å². The summed E-state index contributed by atoms with van der Waals surface area (Å²) in [6.45, 7) is 1.16. The number of nitrogens with zero attached hydrogens (tertiary/aromatic N) is 4. The van der Waals surface area contributed by atoms with E-state index in [1.807, 2.05) is 48.5 Å². The molecule has 1 amide bonds. The van der Waals surface area contributed by atoms with Gasteiger partial charge in [-0.3, -0.25) is 4.79 Å². The second-order valence-corrected chi connectivity index (χ2v) is 7.45. The number of fused-ring (bicyclic) bond motifs is 3. The molecule has 2 aromatic carbocycles. The normalized spacial score (nSPS) is 21.1. The van der Waals surface area contributed by atoms with Crippen molar-refractivity contribution in [1.82, 2.24) is 15.0 Å². The van der Waals surface area contributed by atoms with Crippen LogP contribution in [0.4, 0.5) is 5.69 Å². The minimum absolute atomic E-state index is 0.0530. The Kier molecular flexibility index (Phi) is 3.48. The molecule has 2 aliphatic heterocycles. The van der Waals surface area contributed by atoms with Crippen LogP contribution in [0.2, 0.25) is 0 Å². The van der Waals surface area contributed by atoms with E-state index in [9.17, 15) is 4.79 Å². The van der Waals surface area contributed by atoms with Crippen LogP contribution in [0, 0.1) is 0 Å². The summed E-state index contributed by atoms with van der Waals surface area (Å²) in [6.07, 6.45) is 1.68. The smallest absolute Gasteiger partial charge is 0.266 e. The molecule has 2 aliphatic rings. The molecule has 0 saturated carbocycles. The van der Waals surface area contributed by atoms with E-state index in [0.29, 0.717) is 19.7 Å². The summed E-state index contributed by atoms with van der Waals surface area (Å²) in [6, 6.07) is 15.8. The lowest BCUT2D eigenvalue weighted by molar-refractivity contribution is -0.153. The number of carbonyl (C=O) groups excluding carboxylic acids is 1. The van der Waals surface area contributed by atoms with Gasteiger partial charge in [-0.15, -0.1) is 5.10 Å². The van der Waals surface area contributed by atoms with Crippen LogP contribution in [0.15, 0.2) is 59.2 Å². The molecule has 0 saturated heterocycles. The molecule has 0 fully saturated rings. The molecule has 1 aromatic heterocycles. The van der Waals surface area contributed by atoms with Gasteiger partial charge >= 0.3 is 0 Å². The molecular formula is C19H15BrN4O2. The van der Waals surface area contributed by atoms with Crippen molar-refractivity contribution in [3.63, 3.8) is 0 Å². The van der Waals surface area contributed by atoms with Gasteiger partial charge in [-0.25, -0.2) is 4.68 Å². The Labute approximate surface area is 158 Å². The predicted molar refractivity (Wildman–Crippen MR) is 98.3 cm³/mol. The molecule has 7 heteroatoms. The number of anilines is 1. The molecule has 1 spiro atoms. The summed E-state index contributed by atoms with van der Waals surface area (Å²) in [4.78, 5) is 15.3. The van der Waals surface area contributed by atoms with E-state index in [2.05, 4.69) is 26.2 Å². The summed E-state index contributed by atoms with van der Waals surface area (Å²) in [5.74, 6) is -0.0530. The molecule has 3 heterocycles. The lowest BCUT2D eigenvalue weighted by Gasteiger charge is -2.32. The fourth-order valence-corrected chi connectivity index (χ4v) is 3.96. The Morgan fingerprint density at radius 1 is 1.15 bits per heavy atom. The SMILES string of the molecule is O=C1N(Cc2ccc(Br)cc2)c2ccccc2C12Cn1nncc1CO2. The maximum absolute atomic E-state index is 13.5. The van der Waals surface area contributed by atoms with Crippen molar-refractivity contribution in [2.24, 2.45) is 0 Å². The van der Waals surface area contributed by atoms with Crippen molar-refractivity contribution >= 4 is 27.5 Å². The molecular weight excluding hydrogens is 396 g/mol. The molecule has 26 heavy (non-hydrogen) atoms. The average molecular weight is 411 g/mol. The fraction of sp³-hybridized carbons (Fsp3) is 0.211. The largest absolute Gasteiger partial charge is 0.352 e. The van der Waals surface area contributed by atoms with Gasteiger partial charge in [-0.05, 0) is 23.8 Å². The van der Waals surface area contributed by atoms with Crippen LogP contribution in [0.25, 0.3) is 0 Å². The van der Waals surface area contributed by atoms with Gasteiger partial charge in [-0.1, -0.05) is 51.5 Å². The number of aromatic nitrogens is 3. The van der Waals surface area contributed by atoms with E-state index < -0.39 is 5.60 Å². The zero-order valence-corrected chi connectivity index (χ0v) is 15.4. The third kappa shape index (κ3) is 2.24. The minimum atomic E-state index is -1.04. The maximum atomic E-state index is 13.5. The van der Waals surface area contributed by atoms with Gasteiger partial charge in [0.1, 0.15) is 0 Å². The zero-order valence-electron chi connectivity index (χ0n) is 13.8. The first-order valence-corrected chi connectivity index (χ1v) is 9.14. The molecule has 0 aliphatic carbocycles. The average Bonchev–Trinajstić information content (AvgIpc) is 3.21. The maximum Gasteiger partial charge on any atom is 0.266 e. The van der Waals surface area contributed by atoms with Crippen LogP contribution in [0.5, 0.6) is 0 Å². The highest BCUT2D eigenvalue weighted by atomic mass is 79.9. The quantitative estimate of drug-likeness (QED) is 0.651. The lowest BCUT2D eigenvalue weighted by atomic mass is 9.94. The van der Waals surface area contributed by atoms with Gasteiger partial charge in [0.2, 0.25) is 0 Å². The fourth-order valence-electron chi connectivity index (χ4n) is 3.69. The number of hydrogen-bond donors (Lipinski definition) is 0. The van der Waals surface area contributed by atoms with Crippen LogP contribution in [0.1, 0.15) is 16.8 Å². The summed E-state index contributed by atoms with van der Waals surface area (Å²) >= 11 is 3.45. The number of rotatable bonds is 2. The highest BCUT2D eigenvalue weighted by Crippen LogP contribution is 2.46. The van der Waals surface area contributed by atoms with Crippen LogP contribution >= 0.6 is 15.9 Å². The molecule has 1 unspecified atom stereocenters. The van der Waals surface area contributed by atoms with E-state index >= 15 is 0 Å². The van der Waals surface area contributed by atoms with Crippen LogP contribution in [-0.4, -0.2) is 20.9 Å². The van der Waals surface area contributed by atoms with E-state index in [1.165, 1.54) is 0 Å². The number of amides is 1. The van der Waals surface area contributed by atoms with Crippen LogP contribution < -0.4 is 4.90 Å². The van der Waals surface area contributed by atoms with E-state index in [1.54, 1.807) is 15.8 Å². The third-order valence-electron chi connectivity index (χ3n) is 5.01. The number of ether oxygens (including phenoxy) is 1. The van der Waals surface area contributed by atoms with Gasteiger partial charge in [0, 0.05) is 10.0 Å². The Hall–Kier alpha value is -2.51. The number of para-hydroxylation sites is 1. The summed E-state index contributed by atoms with van der Waals surface area (Å²) in [7, 11) is 0. The molecule has 0 bridgehead atoms. The lowest BCUT2D eigenvalue weighted by Crippen LogP contribution is -2.47. The van der Waals surface area contributed by atoms with Crippen LogP contribution in [-0.2, 0) is 34.8 Å². The molecule has 0 N–H and O–H groups in total. The molecule has 0 radical (unpaired) electrons. The van der Waals surface area contributed by atoms with E-state index in [0.717, 1.165) is 27.0 Å². The van der Waals surface area contributed by atoms with Gasteiger partial charge in [0.15, 0.2) is 5.60 Å². The summed E-state index contributed by atoms with van der Waals surface area (Å²) in [5.41, 5.74) is 2.69. The van der Waals surface area contributed by atoms with Gasteiger partial charge in [-0.2, -0.15) is 0 Å². The summed E-state index contributed by atoms with van der Waals surface area (Å²) < 4.78 is 8.92. The minimum Gasteiger partial charge on any atom is -0.352 e. The third-order valence-corrected chi connectivity index (χ3v) is 5.54. The van der Waals surface area contributed by atoms with Gasteiger partial charge in [0.05, 0.1) is 37.3 Å². The molecule has 1 atom stereocenters. The Bertz CT molecular complexity index is 1000. The van der Waals surface area contributed by atoms with Crippen molar-refractivity contribution < 1.29 is 9.53 Å². The molecule has 6 nitrogen and oxygen atoms in total. The van der Waals surface area contributed by atoms with Crippen molar-refractivity contribution in [2.45, 2.75) is 25.3 Å². The highest BCUT2D eigenvalue weighted by molar-refractivity contribution is 9.10. The molecule has 130 valence electrons. The number of benzene rings is 2. The van der Waals surface area contributed by atoms with Crippen LogP contribution in [0.3, 0.4) is 0 Å². The number of carbonyl (C=O) groups is 1. The molecule has 5 rings (SSSR count).